The molecule has 0 spiro atoms. The number of benzene rings is 1. The second kappa shape index (κ2) is 9.22. The fourth-order valence-electron chi connectivity index (χ4n) is 2.69. The lowest BCUT2D eigenvalue weighted by Gasteiger charge is -2.29. The molecule has 0 atom stereocenters. The summed E-state index contributed by atoms with van der Waals surface area (Å²) >= 11 is 2.74. The van der Waals surface area contributed by atoms with Gasteiger partial charge in [-0.3, -0.25) is 14.9 Å². The first-order valence-electron chi connectivity index (χ1n) is 8.77. The normalized spacial score (nSPS) is 13.5. The van der Waals surface area contributed by atoms with Gasteiger partial charge in [-0.15, -0.1) is 11.3 Å². The first-order valence-corrected chi connectivity index (χ1v) is 10.4. The fourth-order valence-corrected chi connectivity index (χ4v) is 4.17. The first-order chi connectivity index (χ1) is 13.5. The van der Waals surface area contributed by atoms with Gasteiger partial charge in [-0.2, -0.15) is 0 Å². The summed E-state index contributed by atoms with van der Waals surface area (Å²) < 4.78 is 7.43. The number of aromatic nitrogens is 1. The van der Waals surface area contributed by atoms with E-state index in [1.165, 1.54) is 23.3 Å². The first kappa shape index (κ1) is 20.4. The molecule has 3 rings (SSSR count). The summed E-state index contributed by atoms with van der Waals surface area (Å²) in [6.45, 7) is 0.790. The summed E-state index contributed by atoms with van der Waals surface area (Å²) in [5, 5.41) is 5.05. The number of anilines is 1. The van der Waals surface area contributed by atoms with E-state index in [0.717, 1.165) is 17.0 Å². The lowest BCUT2D eigenvalue weighted by molar-refractivity contribution is -0.136. The Hall–Kier alpha value is -2.36. The minimum Gasteiger partial charge on any atom is -0.423 e. The highest BCUT2D eigenvalue weighted by molar-refractivity contribution is 7.97. The zero-order valence-corrected chi connectivity index (χ0v) is 17.6. The fraction of sp³-hybridized carbons (Fsp3) is 0.316. The van der Waals surface area contributed by atoms with Crippen LogP contribution in [-0.2, 0) is 14.3 Å². The average Bonchev–Trinajstić information content (AvgIpc) is 3.14. The number of nitrogens with zero attached hydrogens (tertiary/aromatic N) is 3. The lowest BCUT2D eigenvalue weighted by atomic mass is 10.1. The maximum atomic E-state index is 12.9. The van der Waals surface area contributed by atoms with Crippen LogP contribution >= 0.6 is 23.3 Å². The predicted molar refractivity (Wildman–Crippen MR) is 112 cm³/mol. The van der Waals surface area contributed by atoms with Gasteiger partial charge in [-0.1, -0.05) is 12.1 Å². The van der Waals surface area contributed by atoms with Crippen molar-refractivity contribution in [3.8, 4) is 0 Å². The Kier molecular flexibility index (Phi) is 6.71. The maximum absolute atomic E-state index is 12.9. The van der Waals surface area contributed by atoms with E-state index in [1.807, 2.05) is 43.3 Å². The molecule has 9 heteroatoms. The zero-order valence-electron chi connectivity index (χ0n) is 16.0. The molecule has 1 aliphatic heterocycles. The highest BCUT2D eigenvalue weighted by Crippen LogP contribution is 2.40. The number of hydrogen-bond donors (Lipinski definition) is 1. The van der Waals surface area contributed by atoms with E-state index in [2.05, 4.69) is 10.3 Å². The Labute approximate surface area is 172 Å². The van der Waals surface area contributed by atoms with Gasteiger partial charge in [0, 0.05) is 35.5 Å². The van der Waals surface area contributed by atoms with E-state index in [9.17, 15) is 9.59 Å². The van der Waals surface area contributed by atoms with Crippen LogP contribution in [0.1, 0.15) is 18.4 Å². The Morgan fingerprint density at radius 3 is 2.79 bits per heavy atom. The molecular weight excluding hydrogens is 396 g/mol. The summed E-state index contributed by atoms with van der Waals surface area (Å²) in [5.74, 6) is -0.442. The van der Waals surface area contributed by atoms with Crippen molar-refractivity contribution in [3.63, 3.8) is 0 Å². The van der Waals surface area contributed by atoms with Gasteiger partial charge in [0.05, 0.1) is 0 Å². The van der Waals surface area contributed by atoms with Crippen LogP contribution in [0.25, 0.3) is 5.76 Å². The number of hydrogen-bond acceptors (Lipinski definition) is 8. The predicted octanol–water partition coefficient (Wildman–Crippen LogP) is 3.29. The van der Waals surface area contributed by atoms with Crippen LogP contribution < -0.4 is 5.32 Å². The molecular formula is C19H22N4O3S2. The lowest BCUT2D eigenvalue weighted by Crippen LogP contribution is -2.28. The van der Waals surface area contributed by atoms with Crippen molar-refractivity contribution < 1.29 is 14.3 Å². The minimum absolute atomic E-state index is 0.278. The minimum atomic E-state index is -0.365. The van der Waals surface area contributed by atoms with Gasteiger partial charge in [-0.05, 0) is 51.1 Å². The molecule has 0 bridgehead atoms. The van der Waals surface area contributed by atoms with Gasteiger partial charge in [0.1, 0.15) is 0 Å². The van der Waals surface area contributed by atoms with Crippen molar-refractivity contribution in [2.24, 2.45) is 0 Å². The molecule has 148 valence electrons. The van der Waals surface area contributed by atoms with Crippen molar-refractivity contribution in [2.75, 3.05) is 33.0 Å². The molecule has 0 unspecified atom stereocenters. The molecule has 28 heavy (non-hydrogen) atoms. The van der Waals surface area contributed by atoms with Crippen LogP contribution in [0, 0.1) is 0 Å². The molecule has 0 fully saturated rings. The van der Waals surface area contributed by atoms with Gasteiger partial charge in [-0.25, -0.2) is 4.98 Å². The number of fused-ring (bicyclic) bond motifs is 1. The van der Waals surface area contributed by atoms with E-state index in [1.54, 1.807) is 22.9 Å². The second-order valence-corrected chi connectivity index (χ2v) is 8.50. The smallest absolute Gasteiger partial charge is 0.311 e. The van der Waals surface area contributed by atoms with Gasteiger partial charge >= 0.3 is 5.97 Å². The highest BCUT2D eigenvalue weighted by atomic mass is 32.2. The number of carbonyl (C=O) groups excluding carboxylic acids is 2. The highest BCUT2D eigenvalue weighted by Gasteiger charge is 2.31. The Balaban J connectivity index is 1.89. The van der Waals surface area contributed by atoms with E-state index >= 15 is 0 Å². The summed E-state index contributed by atoms with van der Waals surface area (Å²) in [6.07, 6.45) is 2.59. The number of esters is 1. The van der Waals surface area contributed by atoms with E-state index in [0.29, 0.717) is 17.2 Å². The average molecular weight is 419 g/mol. The molecule has 0 aliphatic carbocycles. The van der Waals surface area contributed by atoms with E-state index < -0.39 is 0 Å². The molecule has 1 N–H and O–H groups in total. The van der Waals surface area contributed by atoms with Gasteiger partial charge in [0.25, 0.3) is 5.91 Å². The Bertz CT molecular complexity index is 881. The van der Waals surface area contributed by atoms with Crippen LogP contribution in [0.15, 0.2) is 46.4 Å². The molecule has 2 aromatic rings. The number of ether oxygens (including phenoxy) is 1. The number of rotatable bonds is 7. The van der Waals surface area contributed by atoms with Crippen molar-refractivity contribution >= 4 is 46.1 Å². The number of nitrogens with one attached hydrogen (secondary N) is 1. The van der Waals surface area contributed by atoms with Crippen molar-refractivity contribution in [2.45, 2.75) is 17.7 Å². The topological polar surface area (TPSA) is 74.8 Å². The van der Waals surface area contributed by atoms with Crippen molar-refractivity contribution in [3.05, 3.63) is 47.1 Å². The van der Waals surface area contributed by atoms with Gasteiger partial charge in [0.15, 0.2) is 16.6 Å². The van der Waals surface area contributed by atoms with E-state index in [4.69, 9.17) is 4.74 Å². The molecule has 0 radical (unpaired) electrons. The zero-order chi connectivity index (χ0) is 20.1. The molecule has 0 saturated carbocycles. The molecule has 1 amide bonds. The molecule has 1 aromatic carbocycles. The van der Waals surface area contributed by atoms with E-state index in [-0.39, 0.29) is 24.1 Å². The van der Waals surface area contributed by atoms with Crippen LogP contribution in [0.4, 0.5) is 5.13 Å². The van der Waals surface area contributed by atoms with Gasteiger partial charge < -0.3 is 13.9 Å². The third-order valence-corrected chi connectivity index (χ3v) is 5.66. The summed E-state index contributed by atoms with van der Waals surface area (Å²) in [4.78, 5) is 32.4. The Morgan fingerprint density at radius 1 is 1.29 bits per heavy atom. The summed E-state index contributed by atoms with van der Waals surface area (Å²) in [5.41, 5.74) is 1.02. The Morgan fingerprint density at radius 2 is 2.07 bits per heavy atom. The number of carbonyl (C=O) groups is 2. The second-order valence-electron chi connectivity index (χ2n) is 6.43. The molecule has 1 aromatic heterocycles. The number of likely N-dealkylation sites (N-methyl/N-ethyl adjacent to an activating group) is 1. The van der Waals surface area contributed by atoms with Crippen LogP contribution in [0.2, 0.25) is 0 Å². The maximum Gasteiger partial charge on any atom is 0.311 e. The SMILES string of the molecule is CN(C)CCCC(=O)OC1=C(C(=O)Nc2nccs2)N(C)Sc2ccccc21. The third-order valence-electron chi connectivity index (χ3n) is 3.97. The molecule has 2 heterocycles. The molecule has 7 nitrogen and oxygen atoms in total. The number of amides is 1. The third kappa shape index (κ3) is 4.92. The number of thiazole rings is 1. The van der Waals surface area contributed by atoms with Crippen LogP contribution in [0.3, 0.4) is 0 Å². The summed E-state index contributed by atoms with van der Waals surface area (Å²) in [7, 11) is 5.69. The van der Waals surface area contributed by atoms with Crippen molar-refractivity contribution in [1.29, 1.82) is 0 Å². The van der Waals surface area contributed by atoms with Crippen LogP contribution in [-0.4, -0.2) is 53.8 Å². The monoisotopic (exact) mass is 418 g/mol. The largest absolute Gasteiger partial charge is 0.423 e. The summed E-state index contributed by atoms with van der Waals surface area (Å²) in [6, 6.07) is 7.57. The quantitative estimate of drug-likeness (QED) is 0.546. The molecule has 0 saturated heterocycles. The van der Waals surface area contributed by atoms with Crippen molar-refractivity contribution in [1.82, 2.24) is 14.2 Å². The van der Waals surface area contributed by atoms with Crippen LogP contribution in [0.5, 0.6) is 0 Å². The van der Waals surface area contributed by atoms with Gasteiger partial charge in [0.2, 0.25) is 0 Å². The standard InChI is InChI=1S/C19H22N4O3S2/c1-22(2)11-6-9-15(24)26-17-13-7-4-5-8-14(13)28-23(3)16(17)18(25)21-19-20-10-12-27-19/h4-5,7-8,10,12H,6,9,11H2,1-3H3,(H,20,21,25). The molecule has 1 aliphatic rings.